The molecule has 1 aliphatic heterocycles. The second kappa shape index (κ2) is 7.78. The highest BCUT2D eigenvalue weighted by atomic mass is 32.2. The largest absolute Gasteiger partial charge is 0.512 e. The number of allylic oxidation sites excluding steroid dienone is 2. The van der Waals surface area contributed by atoms with Gasteiger partial charge in [-0.1, -0.05) is 31.5 Å². The van der Waals surface area contributed by atoms with E-state index in [0.29, 0.717) is 24.8 Å². The summed E-state index contributed by atoms with van der Waals surface area (Å²) < 4.78 is 24.0. The van der Waals surface area contributed by atoms with Crippen molar-refractivity contribution in [2.75, 3.05) is 11.5 Å². The number of ketones is 1. The molecular weight excluding hydrogens is 360 g/mol. The highest BCUT2D eigenvalue weighted by molar-refractivity contribution is 7.91. The monoisotopic (exact) mass is 390 g/mol. The van der Waals surface area contributed by atoms with Crippen molar-refractivity contribution in [3.63, 3.8) is 0 Å². The summed E-state index contributed by atoms with van der Waals surface area (Å²) in [5, 5.41) is 10.8. The van der Waals surface area contributed by atoms with Gasteiger partial charge in [-0.05, 0) is 61.1 Å². The molecule has 27 heavy (non-hydrogen) atoms. The predicted octanol–water partition coefficient (Wildman–Crippen LogP) is 4.19. The summed E-state index contributed by atoms with van der Waals surface area (Å²) in [5.74, 6) is 0.411. The maximum absolute atomic E-state index is 13.1. The van der Waals surface area contributed by atoms with Gasteiger partial charge in [0, 0.05) is 12.8 Å². The summed E-state index contributed by atoms with van der Waals surface area (Å²) >= 11 is 0. The van der Waals surface area contributed by atoms with Crippen LogP contribution < -0.4 is 0 Å². The summed E-state index contributed by atoms with van der Waals surface area (Å²) in [6.45, 7) is 6.19. The molecule has 1 saturated heterocycles. The van der Waals surface area contributed by atoms with Crippen LogP contribution in [0.4, 0.5) is 0 Å². The fourth-order valence-corrected chi connectivity index (χ4v) is 6.66. The predicted molar refractivity (Wildman–Crippen MR) is 109 cm³/mol. The van der Waals surface area contributed by atoms with E-state index >= 15 is 0 Å². The Balaban J connectivity index is 1.98. The van der Waals surface area contributed by atoms with Crippen LogP contribution in [0.15, 0.2) is 17.9 Å². The van der Waals surface area contributed by atoms with Gasteiger partial charge in [0.25, 0.3) is 0 Å². The Morgan fingerprint density at radius 1 is 1.07 bits per heavy atom. The Hall–Kier alpha value is -1.62. The fourth-order valence-electron chi connectivity index (χ4n) is 4.79. The number of aliphatic hydroxyl groups is 1. The topological polar surface area (TPSA) is 71.4 Å². The van der Waals surface area contributed by atoms with Crippen molar-refractivity contribution in [3.05, 3.63) is 40.1 Å². The molecule has 0 spiro atoms. The molecule has 1 aromatic rings. The Kier molecular flexibility index (Phi) is 5.80. The zero-order valence-corrected chi connectivity index (χ0v) is 17.4. The van der Waals surface area contributed by atoms with Crippen LogP contribution in [0.25, 0.3) is 5.57 Å². The number of carbonyl (C=O) groups is 1. The van der Waals surface area contributed by atoms with Gasteiger partial charge in [0.05, 0.1) is 17.1 Å². The smallest absolute Gasteiger partial charge is 0.167 e. The highest BCUT2D eigenvalue weighted by Gasteiger charge is 2.37. The summed E-state index contributed by atoms with van der Waals surface area (Å²) in [6.07, 6.45) is 3.83. The lowest BCUT2D eigenvalue weighted by Crippen LogP contribution is -2.34. The minimum absolute atomic E-state index is 0.0225. The molecule has 1 heterocycles. The van der Waals surface area contributed by atoms with E-state index < -0.39 is 9.84 Å². The van der Waals surface area contributed by atoms with Crippen LogP contribution in [0.2, 0.25) is 0 Å². The molecule has 0 aromatic heterocycles. The fraction of sp³-hybridized carbons (Fsp3) is 0.591. The van der Waals surface area contributed by atoms with Crippen LogP contribution in [-0.2, 0) is 27.5 Å². The van der Waals surface area contributed by atoms with Gasteiger partial charge in [-0.15, -0.1) is 0 Å². The molecule has 0 saturated carbocycles. The first-order chi connectivity index (χ1) is 12.8. The molecule has 4 nitrogen and oxygen atoms in total. The molecule has 2 aliphatic rings. The molecule has 5 heteroatoms. The third kappa shape index (κ3) is 4.13. The number of rotatable bonds is 4. The molecule has 1 aromatic carbocycles. The van der Waals surface area contributed by atoms with Crippen molar-refractivity contribution < 1.29 is 18.3 Å². The van der Waals surface area contributed by atoms with Crippen LogP contribution in [0.1, 0.15) is 61.8 Å². The average Bonchev–Trinajstić information content (AvgIpc) is 2.60. The number of hydrogen-bond acceptors (Lipinski definition) is 4. The lowest BCUT2D eigenvalue weighted by molar-refractivity contribution is -0.115. The van der Waals surface area contributed by atoms with E-state index in [4.69, 9.17) is 0 Å². The van der Waals surface area contributed by atoms with Gasteiger partial charge in [0.1, 0.15) is 5.76 Å². The minimum Gasteiger partial charge on any atom is -0.512 e. The molecule has 1 aliphatic carbocycles. The lowest BCUT2D eigenvalue weighted by atomic mass is 9.75. The molecule has 2 atom stereocenters. The van der Waals surface area contributed by atoms with E-state index in [1.807, 2.05) is 0 Å². The Morgan fingerprint density at radius 2 is 1.70 bits per heavy atom. The molecule has 2 unspecified atom stereocenters. The Bertz CT molecular complexity index is 855. The first-order valence-corrected chi connectivity index (χ1v) is 11.9. The van der Waals surface area contributed by atoms with Crippen molar-refractivity contribution in [2.24, 2.45) is 11.8 Å². The highest BCUT2D eigenvalue weighted by Crippen LogP contribution is 2.40. The van der Waals surface area contributed by atoms with E-state index in [-0.39, 0.29) is 34.9 Å². The summed E-state index contributed by atoms with van der Waals surface area (Å²) in [4.78, 5) is 13.1. The van der Waals surface area contributed by atoms with Crippen LogP contribution in [0.3, 0.4) is 0 Å². The van der Waals surface area contributed by atoms with Gasteiger partial charge >= 0.3 is 0 Å². The normalized spacial score (nSPS) is 25.7. The molecule has 0 radical (unpaired) electrons. The van der Waals surface area contributed by atoms with E-state index in [0.717, 1.165) is 36.0 Å². The summed E-state index contributed by atoms with van der Waals surface area (Å²) in [7, 11) is -3.02. The first-order valence-electron chi connectivity index (χ1n) is 10.0. The molecule has 1 fully saturated rings. The van der Waals surface area contributed by atoms with Crippen molar-refractivity contribution in [1.29, 1.82) is 0 Å². The second-order valence-electron chi connectivity index (χ2n) is 8.10. The maximum atomic E-state index is 13.1. The number of aryl methyl sites for hydroxylation is 3. The Labute approximate surface area is 162 Å². The lowest BCUT2D eigenvalue weighted by Gasteiger charge is -2.33. The molecule has 0 bridgehead atoms. The van der Waals surface area contributed by atoms with Crippen LogP contribution in [-0.4, -0.2) is 30.8 Å². The van der Waals surface area contributed by atoms with Gasteiger partial charge in [-0.3, -0.25) is 4.79 Å². The molecule has 0 amide bonds. The number of aliphatic hydroxyl groups excluding tert-OH is 1. The average molecular weight is 391 g/mol. The number of Topliss-reactive ketones (excluding diaryl/α,β-unsaturated/α-hetero) is 1. The molecule has 3 rings (SSSR count). The van der Waals surface area contributed by atoms with E-state index in [2.05, 4.69) is 32.9 Å². The van der Waals surface area contributed by atoms with E-state index in [1.54, 1.807) is 0 Å². The van der Waals surface area contributed by atoms with Gasteiger partial charge in [-0.25, -0.2) is 8.42 Å². The number of sulfone groups is 1. The number of hydrogen-bond donors (Lipinski definition) is 1. The van der Waals surface area contributed by atoms with Crippen LogP contribution in [0, 0.1) is 18.8 Å². The third-order valence-corrected chi connectivity index (χ3v) is 7.94. The Morgan fingerprint density at radius 3 is 2.22 bits per heavy atom. The van der Waals surface area contributed by atoms with Crippen molar-refractivity contribution in [3.8, 4) is 0 Å². The van der Waals surface area contributed by atoms with Crippen LogP contribution in [0.5, 0.6) is 0 Å². The first kappa shape index (κ1) is 20.1. The van der Waals surface area contributed by atoms with E-state index in [9.17, 15) is 18.3 Å². The van der Waals surface area contributed by atoms with Crippen molar-refractivity contribution in [1.82, 2.24) is 0 Å². The summed E-state index contributed by atoms with van der Waals surface area (Å²) in [5.41, 5.74) is 4.74. The SMILES string of the molecule is CCc1cc(C)cc(CC)c1C1=C(O)CC(C2CCCS(=O)(=O)C2)CC1=O. The van der Waals surface area contributed by atoms with Crippen LogP contribution >= 0.6 is 0 Å². The van der Waals surface area contributed by atoms with Gasteiger partial charge in [0.2, 0.25) is 0 Å². The van der Waals surface area contributed by atoms with Gasteiger partial charge < -0.3 is 5.11 Å². The zero-order valence-electron chi connectivity index (χ0n) is 16.5. The third-order valence-electron chi connectivity index (χ3n) is 6.09. The molecular formula is C22H30O4S. The van der Waals surface area contributed by atoms with Crippen molar-refractivity contribution >= 4 is 21.2 Å². The quantitative estimate of drug-likeness (QED) is 0.837. The second-order valence-corrected chi connectivity index (χ2v) is 10.3. The summed E-state index contributed by atoms with van der Waals surface area (Å²) in [6, 6.07) is 4.20. The minimum atomic E-state index is -3.02. The maximum Gasteiger partial charge on any atom is 0.167 e. The standard InChI is InChI=1S/C22H30O4S/c1-4-15-9-14(3)10-16(5-2)21(15)22-19(23)11-18(12-20(22)24)17-7-6-8-27(25,26)13-17/h9-10,17-18,23H,4-8,11-13H2,1-3H3. The number of carbonyl (C=O) groups excluding carboxylic acids is 1. The zero-order chi connectivity index (χ0) is 19.8. The van der Waals surface area contributed by atoms with Crippen molar-refractivity contribution in [2.45, 2.75) is 59.3 Å². The van der Waals surface area contributed by atoms with Gasteiger partial charge in [0.15, 0.2) is 15.6 Å². The number of benzene rings is 1. The molecule has 1 N–H and O–H groups in total. The molecule has 148 valence electrons. The van der Waals surface area contributed by atoms with E-state index in [1.165, 1.54) is 5.56 Å². The van der Waals surface area contributed by atoms with Gasteiger partial charge in [-0.2, -0.15) is 0 Å².